The van der Waals surface area contributed by atoms with Gasteiger partial charge < -0.3 is 5.73 Å². The van der Waals surface area contributed by atoms with Crippen molar-refractivity contribution in [3.8, 4) is 0 Å². The summed E-state index contributed by atoms with van der Waals surface area (Å²) in [7, 11) is 0. The summed E-state index contributed by atoms with van der Waals surface area (Å²) in [5, 5.41) is 0.324. The molecule has 2 aromatic heterocycles. The molecular formula is C9H6F3N5S. The molecule has 2 heterocycles. The molecule has 94 valence electrons. The summed E-state index contributed by atoms with van der Waals surface area (Å²) >= 11 is 0.879. The van der Waals surface area contributed by atoms with E-state index in [9.17, 15) is 13.2 Å². The summed E-state index contributed by atoms with van der Waals surface area (Å²) in [6.07, 6.45) is -1.61. The smallest absolute Gasteiger partial charge is 0.368 e. The van der Waals surface area contributed by atoms with Crippen LogP contribution in [0.3, 0.4) is 0 Å². The van der Waals surface area contributed by atoms with Crippen LogP contribution in [-0.4, -0.2) is 19.9 Å². The number of rotatable bonds is 2. The Bertz CT molecular complexity index is 546. The SMILES string of the molecule is Nc1nc(Sc2ncccn2)cc(C(F)(F)F)n1. The van der Waals surface area contributed by atoms with Gasteiger partial charge in [0.1, 0.15) is 5.03 Å². The number of anilines is 1. The van der Waals surface area contributed by atoms with Crippen molar-refractivity contribution in [3.63, 3.8) is 0 Å². The van der Waals surface area contributed by atoms with Crippen molar-refractivity contribution in [2.24, 2.45) is 0 Å². The van der Waals surface area contributed by atoms with Crippen LogP contribution in [-0.2, 0) is 6.18 Å². The number of hydrogen-bond donors (Lipinski definition) is 1. The van der Waals surface area contributed by atoms with Gasteiger partial charge in [-0.2, -0.15) is 13.2 Å². The lowest BCUT2D eigenvalue weighted by Crippen LogP contribution is -2.11. The molecule has 0 saturated carbocycles. The third-order valence-electron chi connectivity index (χ3n) is 1.75. The lowest BCUT2D eigenvalue weighted by Gasteiger charge is -2.07. The van der Waals surface area contributed by atoms with Crippen molar-refractivity contribution in [1.82, 2.24) is 19.9 Å². The Kier molecular flexibility index (Phi) is 3.32. The monoisotopic (exact) mass is 273 g/mol. The normalized spacial score (nSPS) is 11.5. The van der Waals surface area contributed by atoms with E-state index in [1.165, 1.54) is 12.4 Å². The van der Waals surface area contributed by atoms with Crippen LogP contribution in [0.15, 0.2) is 34.7 Å². The molecule has 18 heavy (non-hydrogen) atoms. The lowest BCUT2D eigenvalue weighted by molar-refractivity contribution is -0.141. The average Bonchev–Trinajstić information content (AvgIpc) is 2.28. The van der Waals surface area contributed by atoms with Gasteiger partial charge in [0.15, 0.2) is 10.9 Å². The maximum atomic E-state index is 12.5. The molecule has 0 amide bonds. The van der Waals surface area contributed by atoms with E-state index in [4.69, 9.17) is 5.73 Å². The maximum absolute atomic E-state index is 12.5. The van der Waals surface area contributed by atoms with Crippen molar-refractivity contribution >= 4 is 17.7 Å². The molecule has 2 aromatic rings. The van der Waals surface area contributed by atoms with E-state index in [2.05, 4.69) is 19.9 Å². The second-order valence-corrected chi connectivity index (χ2v) is 4.07. The van der Waals surface area contributed by atoms with Crippen LogP contribution < -0.4 is 5.73 Å². The fraction of sp³-hybridized carbons (Fsp3) is 0.111. The first kappa shape index (κ1) is 12.6. The average molecular weight is 273 g/mol. The summed E-state index contributed by atoms with van der Waals surface area (Å²) in [5.41, 5.74) is 4.14. The second-order valence-electron chi connectivity index (χ2n) is 3.08. The molecule has 2 rings (SSSR count). The Labute approximate surface area is 104 Å². The van der Waals surface area contributed by atoms with Crippen LogP contribution in [0.1, 0.15) is 5.69 Å². The molecule has 0 atom stereocenters. The molecule has 0 fully saturated rings. The van der Waals surface area contributed by atoms with Crippen LogP contribution in [0.5, 0.6) is 0 Å². The zero-order valence-electron chi connectivity index (χ0n) is 8.72. The van der Waals surface area contributed by atoms with Gasteiger partial charge in [0.2, 0.25) is 5.95 Å². The van der Waals surface area contributed by atoms with Gasteiger partial charge in [0.25, 0.3) is 0 Å². The number of nitrogen functional groups attached to an aromatic ring is 1. The van der Waals surface area contributed by atoms with Crippen molar-refractivity contribution < 1.29 is 13.2 Å². The predicted molar refractivity (Wildman–Crippen MR) is 57.6 cm³/mol. The minimum atomic E-state index is -4.57. The van der Waals surface area contributed by atoms with Crippen LogP contribution >= 0.6 is 11.8 Å². The molecule has 0 bridgehead atoms. The highest BCUT2D eigenvalue weighted by molar-refractivity contribution is 7.99. The predicted octanol–water partition coefficient (Wildman–Crippen LogP) is 2.02. The van der Waals surface area contributed by atoms with Gasteiger partial charge in [-0.1, -0.05) is 0 Å². The molecule has 0 aromatic carbocycles. The van der Waals surface area contributed by atoms with Gasteiger partial charge in [-0.05, 0) is 17.8 Å². The maximum Gasteiger partial charge on any atom is 0.433 e. The zero-order chi connectivity index (χ0) is 13.2. The minimum absolute atomic E-state index is 0.0426. The first-order chi connectivity index (χ1) is 8.45. The molecular weight excluding hydrogens is 267 g/mol. The van der Waals surface area contributed by atoms with Crippen molar-refractivity contribution in [2.45, 2.75) is 16.4 Å². The zero-order valence-corrected chi connectivity index (χ0v) is 9.53. The number of nitrogens with zero attached hydrogens (tertiary/aromatic N) is 4. The number of alkyl halides is 3. The molecule has 0 radical (unpaired) electrons. The number of aromatic nitrogens is 4. The van der Waals surface area contributed by atoms with Crippen molar-refractivity contribution in [3.05, 3.63) is 30.2 Å². The van der Waals surface area contributed by atoms with Crippen LogP contribution in [0.25, 0.3) is 0 Å². The lowest BCUT2D eigenvalue weighted by atomic mass is 10.4. The summed E-state index contributed by atoms with van der Waals surface area (Å²) in [5.74, 6) is -0.441. The van der Waals surface area contributed by atoms with E-state index >= 15 is 0 Å². The summed E-state index contributed by atoms with van der Waals surface area (Å²) < 4.78 is 37.5. The standard InChI is InChI=1S/C9H6F3N5S/c10-9(11,12)5-4-6(17-7(13)16-5)18-8-14-2-1-3-15-8/h1-4H,(H2,13,16,17). The largest absolute Gasteiger partial charge is 0.433 e. The highest BCUT2D eigenvalue weighted by Crippen LogP contribution is 2.31. The summed E-state index contributed by atoms with van der Waals surface area (Å²) in [6.45, 7) is 0. The van der Waals surface area contributed by atoms with E-state index < -0.39 is 17.8 Å². The van der Waals surface area contributed by atoms with Crippen molar-refractivity contribution in [1.29, 1.82) is 0 Å². The summed E-state index contributed by atoms with van der Waals surface area (Å²) in [6, 6.07) is 2.40. The highest BCUT2D eigenvalue weighted by Gasteiger charge is 2.33. The first-order valence-corrected chi connectivity index (χ1v) is 5.43. The van der Waals surface area contributed by atoms with E-state index in [0.717, 1.165) is 17.8 Å². The fourth-order valence-electron chi connectivity index (χ4n) is 1.07. The van der Waals surface area contributed by atoms with Crippen LogP contribution in [0, 0.1) is 0 Å². The van der Waals surface area contributed by atoms with Crippen LogP contribution in [0.2, 0.25) is 0 Å². The molecule has 5 nitrogen and oxygen atoms in total. The van der Waals surface area contributed by atoms with E-state index in [-0.39, 0.29) is 10.2 Å². The molecule has 0 aliphatic rings. The number of hydrogen-bond acceptors (Lipinski definition) is 6. The van der Waals surface area contributed by atoms with E-state index in [1.807, 2.05) is 0 Å². The first-order valence-electron chi connectivity index (χ1n) is 4.62. The number of nitrogens with two attached hydrogens (primary N) is 1. The second kappa shape index (κ2) is 4.77. The number of halogens is 3. The minimum Gasteiger partial charge on any atom is -0.368 e. The highest BCUT2D eigenvalue weighted by atomic mass is 32.2. The molecule has 0 saturated heterocycles. The molecule has 0 aliphatic heterocycles. The van der Waals surface area contributed by atoms with Gasteiger partial charge in [-0.15, -0.1) is 0 Å². The molecule has 0 unspecified atom stereocenters. The van der Waals surface area contributed by atoms with Gasteiger partial charge in [0, 0.05) is 18.5 Å². The van der Waals surface area contributed by atoms with Gasteiger partial charge >= 0.3 is 6.18 Å². The Morgan fingerprint density at radius 1 is 1.11 bits per heavy atom. The fourth-order valence-corrected chi connectivity index (χ4v) is 1.80. The molecule has 9 heteroatoms. The summed E-state index contributed by atoms with van der Waals surface area (Å²) in [4.78, 5) is 14.6. The van der Waals surface area contributed by atoms with Gasteiger partial charge in [0.05, 0.1) is 0 Å². The Balaban J connectivity index is 2.32. The van der Waals surface area contributed by atoms with E-state index in [1.54, 1.807) is 6.07 Å². The van der Waals surface area contributed by atoms with E-state index in [0.29, 0.717) is 0 Å². The van der Waals surface area contributed by atoms with Gasteiger partial charge in [-0.25, -0.2) is 19.9 Å². The Morgan fingerprint density at radius 2 is 1.78 bits per heavy atom. The Hall–Kier alpha value is -1.90. The third-order valence-corrected chi connectivity index (χ3v) is 2.56. The third kappa shape index (κ3) is 3.06. The van der Waals surface area contributed by atoms with Crippen LogP contribution in [0.4, 0.5) is 19.1 Å². The van der Waals surface area contributed by atoms with Crippen molar-refractivity contribution in [2.75, 3.05) is 5.73 Å². The van der Waals surface area contributed by atoms with Gasteiger partial charge in [-0.3, -0.25) is 0 Å². The quantitative estimate of drug-likeness (QED) is 0.666. The Morgan fingerprint density at radius 3 is 2.39 bits per heavy atom. The molecule has 0 spiro atoms. The molecule has 0 aliphatic carbocycles. The topological polar surface area (TPSA) is 77.6 Å². The molecule has 2 N–H and O–H groups in total.